The summed E-state index contributed by atoms with van der Waals surface area (Å²) < 4.78 is 1.80. The Morgan fingerprint density at radius 2 is 2.03 bits per heavy atom. The van der Waals surface area contributed by atoms with Crippen molar-refractivity contribution < 1.29 is 4.79 Å². The summed E-state index contributed by atoms with van der Waals surface area (Å²) in [6.07, 6.45) is 4.41. The lowest BCUT2D eigenvalue weighted by molar-refractivity contribution is -0.133. The molecule has 0 aliphatic carbocycles. The second kappa shape index (κ2) is 7.09. The summed E-state index contributed by atoms with van der Waals surface area (Å²) in [5.74, 6) is 1.94. The van der Waals surface area contributed by atoms with Crippen molar-refractivity contribution in [2.75, 3.05) is 11.9 Å². The first-order valence-corrected chi connectivity index (χ1v) is 10.8. The van der Waals surface area contributed by atoms with Crippen LogP contribution in [0.4, 0.5) is 5.82 Å². The van der Waals surface area contributed by atoms with E-state index in [0.717, 1.165) is 27.4 Å². The molecule has 1 aliphatic heterocycles. The van der Waals surface area contributed by atoms with Gasteiger partial charge in [-0.25, -0.2) is 9.97 Å². The lowest BCUT2D eigenvalue weighted by Crippen LogP contribution is -2.44. The number of carbonyl (C=O) groups is 1. The predicted octanol–water partition coefficient (Wildman–Crippen LogP) is 3.84. The van der Waals surface area contributed by atoms with E-state index in [1.807, 2.05) is 31.3 Å². The molecular formula is C21H28N6OS. The van der Waals surface area contributed by atoms with Gasteiger partial charge >= 0.3 is 0 Å². The van der Waals surface area contributed by atoms with Crippen LogP contribution in [-0.4, -0.2) is 42.6 Å². The normalized spacial score (nSPS) is 20.1. The van der Waals surface area contributed by atoms with E-state index in [1.165, 1.54) is 5.56 Å². The molecule has 29 heavy (non-hydrogen) atoms. The van der Waals surface area contributed by atoms with Crippen LogP contribution in [0.2, 0.25) is 0 Å². The number of nitrogens with one attached hydrogen (secondary N) is 1. The van der Waals surface area contributed by atoms with Gasteiger partial charge in [-0.1, -0.05) is 0 Å². The molecule has 1 fully saturated rings. The molecule has 0 bridgehead atoms. The maximum Gasteiger partial charge on any atom is 0.223 e. The van der Waals surface area contributed by atoms with Gasteiger partial charge in [0.15, 0.2) is 0 Å². The fourth-order valence-electron chi connectivity index (χ4n) is 4.34. The van der Waals surface area contributed by atoms with Crippen LogP contribution in [0.25, 0.3) is 10.2 Å². The molecular weight excluding hydrogens is 384 g/mol. The molecule has 2 atom stereocenters. The first-order chi connectivity index (χ1) is 13.6. The zero-order chi connectivity index (χ0) is 20.9. The van der Waals surface area contributed by atoms with E-state index in [4.69, 9.17) is 0 Å². The number of hydrogen-bond donors (Lipinski definition) is 1. The highest BCUT2D eigenvalue weighted by Gasteiger charge is 2.45. The molecule has 4 heterocycles. The molecule has 1 N–H and O–H groups in total. The molecule has 1 saturated heterocycles. The van der Waals surface area contributed by atoms with Gasteiger partial charge in [0, 0.05) is 43.2 Å². The van der Waals surface area contributed by atoms with Gasteiger partial charge in [-0.2, -0.15) is 5.10 Å². The van der Waals surface area contributed by atoms with E-state index in [0.29, 0.717) is 13.0 Å². The largest absolute Gasteiger partial charge is 0.369 e. The summed E-state index contributed by atoms with van der Waals surface area (Å²) in [4.78, 5) is 25.2. The summed E-state index contributed by atoms with van der Waals surface area (Å²) >= 11 is 1.64. The van der Waals surface area contributed by atoms with Crippen LogP contribution in [0.3, 0.4) is 0 Å². The Morgan fingerprint density at radius 1 is 1.28 bits per heavy atom. The summed E-state index contributed by atoms with van der Waals surface area (Å²) in [5.41, 5.74) is 2.00. The first-order valence-electron chi connectivity index (χ1n) is 9.92. The van der Waals surface area contributed by atoms with E-state index in [-0.39, 0.29) is 23.4 Å². The van der Waals surface area contributed by atoms with Crippen molar-refractivity contribution in [2.45, 2.75) is 52.6 Å². The lowest BCUT2D eigenvalue weighted by Gasteiger charge is -2.38. The van der Waals surface area contributed by atoms with Crippen molar-refractivity contribution in [1.82, 2.24) is 24.6 Å². The number of aromatic nitrogens is 4. The average molecular weight is 413 g/mol. The molecule has 3 aromatic rings. The van der Waals surface area contributed by atoms with Crippen molar-refractivity contribution in [3.05, 3.63) is 34.7 Å². The Morgan fingerprint density at radius 3 is 2.69 bits per heavy atom. The number of hydrogen-bond acceptors (Lipinski definition) is 6. The van der Waals surface area contributed by atoms with Gasteiger partial charge in [-0.3, -0.25) is 9.48 Å². The fraction of sp³-hybridized carbons (Fsp3) is 0.524. The molecule has 0 aromatic carbocycles. The molecule has 1 aliphatic rings. The van der Waals surface area contributed by atoms with Crippen molar-refractivity contribution in [3.8, 4) is 0 Å². The van der Waals surface area contributed by atoms with E-state index >= 15 is 0 Å². The van der Waals surface area contributed by atoms with E-state index in [2.05, 4.69) is 53.5 Å². The Bertz CT molecular complexity index is 1060. The van der Waals surface area contributed by atoms with Gasteiger partial charge in [0.2, 0.25) is 5.91 Å². The first kappa shape index (κ1) is 19.8. The topological polar surface area (TPSA) is 75.9 Å². The minimum absolute atomic E-state index is 0.00861. The maximum atomic E-state index is 13.0. The van der Waals surface area contributed by atoms with Crippen molar-refractivity contribution in [3.63, 3.8) is 0 Å². The Balaban J connectivity index is 1.66. The number of likely N-dealkylation sites (tertiary alicyclic amines) is 1. The monoisotopic (exact) mass is 412 g/mol. The van der Waals surface area contributed by atoms with Crippen LogP contribution in [0.15, 0.2) is 17.8 Å². The molecule has 7 nitrogen and oxygen atoms in total. The molecule has 0 unspecified atom stereocenters. The second-order valence-electron chi connectivity index (χ2n) is 8.89. The van der Waals surface area contributed by atoms with Crippen LogP contribution in [0.5, 0.6) is 0 Å². The summed E-state index contributed by atoms with van der Waals surface area (Å²) in [7, 11) is 1.91. The molecule has 0 saturated carbocycles. The molecule has 3 aromatic heterocycles. The molecule has 4 rings (SSSR count). The quantitative estimate of drug-likeness (QED) is 0.705. The molecule has 1 amide bonds. The number of fused-ring (bicyclic) bond motifs is 1. The highest BCUT2D eigenvalue weighted by atomic mass is 32.1. The average Bonchev–Trinajstić information content (AvgIpc) is 3.29. The number of carbonyl (C=O) groups excluding carboxylic acids is 1. The number of thiophene rings is 1. The van der Waals surface area contributed by atoms with Crippen LogP contribution in [0, 0.1) is 19.8 Å². The van der Waals surface area contributed by atoms with Crippen LogP contribution in [-0.2, 0) is 11.8 Å². The van der Waals surface area contributed by atoms with E-state index in [9.17, 15) is 4.79 Å². The van der Waals surface area contributed by atoms with Crippen LogP contribution in [0.1, 0.15) is 50.2 Å². The smallest absolute Gasteiger partial charge is 0.223 e. The number of anilines is 1. The van der Waals surface area contributed by atoms with Gasteiger partial charge in [0.05, 0.1) is 17.6 Å². The van der Waals surface area contributed by atoms with Gasteiger partial charge in [-0.05, 0) is 45.6 Å². The summed E-state index contributed by atoms with van der Waals surface area (Å²) in [6, 6.07) is -0.00861. The van der Waals surface area contributed by atoms with Crippen molar-refractivity contribution >= 4 is 33.3 Å². The number of nitrogens with zero attached hydrogens (tertiary/aromatic N) is 5. The number of aryl methyl sites for hydroxylation is 3. The highest BCUT2D eigenvalue weighted by Crippen LogP contribution is 2.42. The van der Waals surface area contributed by atoms with Gasteiger partial charge in [0.25, 0.3) is 0 Å². The Labute approximate surface area is 175 Å². The third-order valence-corrected chi connectivity index (χ3v) is 6.47. The van der Waals surface area contributed by atoms with Gasteiger partial charge in [-0.15, -0.1) is 11.3 Å². The highest BCUT2D eigenvalue weighted by molar-refractivity contribution is 7.17. The van der Waals surface area contributed by atoms with E-state index < -0.39 is 0 Å². The number of rotatable bonds is 4. The zero-order valence-corrected chi connectivity index (χ0v) is 18.7. The van der Waals surface area contributed by atoms with E-state index in [1.54, 1.807) is 16.0 Å². The summed E-state index contributed by atoms with van der Waals surface area (Å²) in [6.45, 7) is 10.9. The Hall–Kier alpha value is -2.48. The zero-order valence-electron chi connectivity index (χ0n) is 17.9. The fourth-order valence-corrected chi connectivity index (χ4v) is 5.30. The van der Waals surface area contributed by atoms with Gasteiger partial charge < -0.3 is 10.2 Å². The van der Waals surface area contributed by atoms with Crippen molar-refractivity contribution in [2.24, 2.45) is 13.0 Å². The van der Waals surface area contributed by atoms with Gasteiger partial charge in [0.1, 0.15) is 16.5 Å². The second-order valence-corrected chi connectivity index (χ2v) is 9.75. The lowest BCUT2D eigenvalue weighted by atomic mass is 9.93. The minimum atomic E-state index is -0.255. The molecule has 154 valence electrons. The van der Waals surface area contributed by atoms with Crippen molar-refractivity contribution in [1.29, 1.82) is 0 Å². The molecule has 8 heteroatoms. The predicted molar refractivity (Wildman–Crippen MR) is 116 cm³/mol. The SMILES string of the molecule is Cc1nc(NC[C@@H]2CC(=O)N(C(C)(C)C)[C@H]2c2cnn(C)c2)c2c(C)csc2n1. The van der Waals surface area contributed by atoms with Crippen LogP contribution < -0.4 is 5.32 Å². The van der Waals surface area contributed by atoms with Crippen LogP contribution >= 0.6 is 11.3 Å². The third kappa shape index (κ3) is 3.61. The third-order valence-electron chi connectivity index (χ3n) is 5.48. The standard InChI is InChI=1S/C21H28N6OS/c1-12-11-29-20-17(12)19(24-13(2)25-20)22-8-14-7-16(28)27(21(3,4)5)18(14)15-9-23-26(6)10-15/h9-11,14,18H,7-8H2,1-6H3,(H,22,24,25)/t14-,18+/m0/s1. The summed E-state index contributed by atoms with van der Waals surface area (Å²) in [5, 5.41) is 11.1. The maximum absolute atomic E-state index is 13.0. The minimum Gasteiger partial charge on any atom is -0.369 e. The molecule has 0 spiro atoms. The number of amides is 1. The Kier molecular flexibility index (Phi) is 4.85. The molecule has 0 radical (unpaired) electrons.